The van der Waals surface area contributed by atoms with E-state index in [1.54, 1.807) is 4.90 Å². The lowest BCUT2D eigenvalue weighted by Gasteiger charge is -2.17. The van der Waals surface area contributed by atoms with Crippen LogP contribution in [0.1, 0.15) is 19.4 Å². The molecule has 0 unspecified atom stereocenters. The first-order valence-electron chi connectivity index (χ1n) is 10.4. The van der Waals surface area contributed by atoms with Crippen LogP contribution < -0.4 is 9.47 Å². The first kappa shape index (κ1) is 23.4. The third-order valence-corrected chi connectivity index (χ3v) is 5.56. The van der Waals surface area contributed by atoms with Crippen molar-refractivity contribution in [3.63, 3.8) is 0 Å². The van der Waals surface area contributed by atoms with Gasteiger partial charge >= 0.3 is 5.97 Å². The second kappa shape index (κ2) is 11.4. The van der Waals surface area contributed by atoms with Crippen LogP contribution in [-0.4, -0.2) is 48.8 Å². The quantitative estimate of drug-likeness (QED) is 0.414. The van der Waals surface area contributed by atoms with E-state index in [1.807, 2.05) is 62.4 Å². The van der Waals surface area contributed by atoms with Gasteiger partial charge in [0.05, 0.1) is 30.9 Å². The Kier molecular flexibility index (Phi) is 8.33. The average molecular weight is 455 g/mol. The highest BCUT2D eigenvalue weighted by molar-refractivity contribution is 8.18. The molecule has 0 saturated carbocycles. The SMILES string of the molecule is CCOc1ccc(CCN2C(=O)C(=CC(=O)OC)SC2=Nc2ccccc2)cc1OCC. The van der Waals surface area contributed by atoms with Crippen LogP contribution in [0.15, 0.2) is 64.5 Å². The van der Waals surface area contributed by atoms with Crippen LogP contribution in [0.4, 0.5) is 5.69 Å². The van der Waals surface area contributed by atoms with E-state index in [0.717, 1.165) is 23.0 Å². The summed E-state index contributed by atoms with van der Waals surface area (Å²) in [5.74, 6) is 0.527. The van der Waals surface area contributed by atoms with Crippen molar-refractivity contribution in [2.45, 2.75) is 20.3 Å². The summed E-state index contributed by atoms with van der Waals surface area (Å²) >= 11 is 1.16. The van der Waals surface area contributed by atoms with E-state index in [1.165, 1.54) is 13.2 Å². The number of hydrogen-bond donors (Lipinski definition) is 0. The Morgan fingerprint density at radius 3 is 2.47 bits per heavy atom. The molecule has 3 rings (SSSR count). The Balaban J connectivity index is 1.84. The maximum Gasteiger partial charge on any atom is 0.331 e. The predicted octanol–water partition coefficient (Wildman–Crippen LogP) is 4.35. The van der Waals surface area contributed by atoms with Crippen molar-refractivity contribution in [3.05, 3.63) is 65.1 Å². The number of amides is 1. The molecule has 1 aliphatic rings. The summed E-state index contributed by atoms with van der Waals surface area (Å²) in [6, 6.07) is 15.2. The third kappa shape index (κ3) is 5.91. The Morgan fingerprint density at radius 2 is 1.78 bits per heavy atom. The summed E-state index contributed by atoms with van der Waals surface area (Å²) in [5.41, 5.74) is 1.73. The van der Waals surface area contributed by atoms with Crippen molar-refractivity contribution < 1.29 is 23.8 Å². The normalized spacial score (nSPS) is 16.0. The monoisotopic (exact) mass is 454 g/mol. The van der Waals surface area contributed by atoms with E-state index in [9.17, 15) is 9.59 Å². The molecular weight excluding hydrogens is 428 g/mol. The molecule has 7 nitrogen and oxygen atoms in total. The fourth-order valence-corrected chi connectivity index (χ4v) is 4.04. The maximum absolute atomic E-state index is 13.0. The van der Waals surface area contributed by atoms with Crippen LogP contribution in [0.25, 0.3) is 0 Å². The Bertz CT molecular complexity index is 1020. The van der Waals surface area contributed by atoms with Gasteiger partial charge in [0, 0.05) is 12.6 Å². The lowest BCUT2D eigenvalue weighted by molar-refractivity contribution is -0.135. The second-order valence-electron chi connectivity index (χ2n) is 6.72. The number of esters is 1. The minimum Gasteiger partial charge on any atom is -0.490 e. The molecule has 0 spiro atoms. The van der Waals surface area contributed by atoms with Crippen LogP contribution >= 0.6 is 11.8 Å². The number of nitrogens with zero attached hydrogens (tertiary/aromatic N) is 2. The standard InChI is InChI=1S/C24H26N2O5S/c1-4-30-19-12-11-17(15-20(19)31-5-2)13-14-26-23(28)21(16-22(27)29-3)32-24(26)25-18-9-7-6-8-10-18/h6-12,15-16H,4-5,13-14H2,1-3H3. The topological polar surface area (TPSA) is 77.4 Å². The number of hydrogen-bond acceptors (Lipinski definition) is 7. The molecule has 0 atom stereocenters. The first-order valence-corrected chi connectivity index (χ1v) is 11.2. The molecule has 0 bridgehead atoms. The average Bonchev–Trinajstić information content (AvgIpc) is 3.08. The molecule has 0 radical (unpaired) electrons. The number of rotatable bonds is 9. The highest BCUT2D eigenvalue weighted by atomic mass is 32.2. The van der Waals surface area contributed by atoms with Gasteiger partial charge in [0.2, 0.25) is 0 Å². The highest BCUT2D eigenvalue weighted by Gasteiger charge is 2.34. The number of methoxy groups -OCH3 is 1. The fourth-order valence-electron chi connectivity index (χ4n) is 3.06. The number of thioether (sulfide) groups is 1. The van der Waals surface area contributed by atoms with Crippen LogP contribution in [0, 0.1) is 0 Å². The summed E-state index contributed by atoms with van der Waals surface area (Å²) in [6.07, 6.45) is 1.79. The zero-order chi connectivity index (χ0) is 22.9. The van der Waals surface area contributed by atoms with Crippen molar-refractivity contribution in [1.82, 2.24) is 4.90 Å². The van der Waals surface area contributed by atoms with Crippen molar-refractivity contribution in [2.75, 3.05) is 26.9 Å². The molecule has 168 valence electrons. The highest BCUT2D eigenvalue weighted by Crippen LogP contribution is 2.34. The van der Waals surface area contributed by atoms with Gasteiger partial charge in [-0.25, -0.2) is 9.79 Å². The number of benzene rings is 2. The largest absolute Gasteiger partial charge is 0.490 e. The second-order valence-corrected chi connectivity index (χ2v) is 7.73. The van der Waals surface area contributed by atoms with Gasteiger partial charge in [0.15, 0.2) is 16.7 Å². The fraction of sp³-hybridized carbons (Fsp3) is 0.292. The number of carbonyl (C=O) groups excluding carboxylic acids is 2. The van der Waals surface area contributed by atoms with E-state index in [0.29, 0.717) is 42.8 Å². The third-order valence-electron chi connectivity index (χ3n) is 4.55. The molecule has 1 aliphatic heterocycles. The van der Waals surface area contributed by atoms with Gasteiger partial charge in [0.25, 0.3) is 5.91 Å². The summed E-state index contributed by atoms with van der Waals surface area (Å²) in [5, 5.41) is 0.521. The van der Waals surface area contributed by atoms with Gasteiger partial charge in [0.1, 0.15) is 0 Å². The molecule has 32 heavy (non-hydrogen) atoms. The molecule has 2 aromatic rings. The first-order chi connectivity index (χ1) is 15.5. The summed E-state index contributed by atoms with van der Waals surface area (Å²) in [4.78, 5) is 31.2. The molecule has 0 aliphatic carbocycles. The van der Waals surface area contributed by atoms with Gasteiger partial charge in [-0.1, -0.05) is 24.3 Å². The van der Waals surface area contributed by atoms with Crippen molar-refractivity contribution in [2.24, 2.45) is 4.99 Å². The smallest absolute Gasteiger partial charge is 0.331 e. The van der Waals surface area contributed by atoms with Gasteiger partial charge in [-0.05, 0) is 61.9 Å². The zero-order valence-electron chi connectivity index (χ0n) is 18.4. The van der Waals surface area contributed by atoms with E-state index in [4.69, 9.17) is 9.47 Å². The van der Waals surface area contributed by atoms with E-state index < -0.39 is 5.97 Å². The van der Waals surface area contributed by atoms with Crippen LogP contribution in [0.3, 0.4) is 0 Å². The minimum absolute atomic E-state index is 0.272. The van der Waals surface area contributed by atoms with Gasteiger partial charge in [-0.2, -0.15) is 0 Å². The van der Waals surface area contributed by atoms with Crippen LogP contribution in [0.5, 0.6) is 11.5 Å². The number of amidine groups is 1. The number of ether oxygens (including phenoxy) is 3. The number of para-hydroxylation sites is 1. The van der Waals surface area contributed by atoms with Crippen molar-refractivity contribution in [3.8, 4) is 11.5 Å². The Labute approximate surface area is 192 Å². The summed E-state index contributed by atoms with van der Waals surface area (Å²) < 4.78 is 16.0. The number of carbonyl (C=O) groups is 2. The van der Waals surface area contributed by atoms with Crippen LogP contribution in [0.2, 0.25) is 0 Å². The van der Waals surface area contributed by atoms with Crippen molar-refractivity contribution >= 4 is 34.5 Å². The Hall–Kier alpha value is -3.26. The molecule has 2 aromatic carbocycles. The zero-order valence-corrected chi connectivity index (χ0v) is 19.2. The summed E-state index contributed by atoms with van der Waals surface area (Å²) in [7, 11) is 1.28. The number of aliphatic imine (C=N–C) groups is 1. The lowest BCUT2D eigenvalue weighted by Crippen LogP contribution is -2.31. The molecule has 1 amide bonds. The molecule has 1 heterocycles. The molecule has 1 saturated heterocycles. The van der Waals surface area contributed by atoms with E-state index in [2.05, 4.69) is 9.73 Å². The van der Waals surface area contributed by atoms with Crippen molar-refractivity contribution in [1.29, 1.82) is 0 Å². The lowest BCUT2D eigenvalue weighted by atomic mass is 10.1. The molecular formula is C24H26N2O5S. The van der Waals surface area contributed by atoms with Gasteiger partial charge in [-0.15, -0.1) is 0 Å². The molecule has 0 N–H and O–H groups in total. The molecule has 1 fully saturated rings. The maximum atomic E-state index is 13.0. The van der Waals surface area contributed by atoms with Gasteiger partial charge < -0.3 is 14.2 Å². The minimum atomic E-state index is -0.574. The van der Waals surface area contributed by atoms with Crippen LogP contribution in [-0.2, 0) is 20.7 Å². The Morgan fingerprint density at radius 1 is 1.06 bits per heavy atom. The summed E-state index contributed by atoms with van der Waals surface area (Å²) in [6.45, 7) is 5.32. The van der Waals surface area contributed by atoms with Gasteiger partial charge in [-0.3, -0.25) is 9.69 Å². The predicted molar refractivity (Wildman–Crippen MR) is 125 cm³/mol. The van der Waals surface area contributed by atoms with E-state index >= 15 is 0 Å². The molecule has 8 heteroatoms. The van der Waals surface area contributed by atoms with E-state index in [-0.39, 0.29) is 10.8 Å². The molecule has 0 aromatic heterocycles.